The van der Waals surface area contributed by atoms with Crippen molar-refractivity contribution < 1.29 is 9.53 Å². The number of ether oxygens (including phenoxy) is 1. The molecule has 3 rings (SSSR count). The van der Waals surface area contributed by atoms with E-state index in [1.807, 2.05) is 24.3 Å². The number of hydrogen-bond donors (Lipinski definition) is 2. The van der Waals surface area contributed by atoms with Crippen LogP contribution in [-0.4, -0.2) is 19.7 Å². The summed E-state index contributed by atoms with van der Waals surface area (Å²) in [5.74, 6) is 0.663. The lowest BCUT2D eigenvalue weighted by Crippen LogP contribution is -2.40. The van der Waals surface area contributed by atoms with Gasteiger partial charge in [-0.05, 0) is 36.4 Å². The van der Waals surface area contributed by atoms with E-state index in [2.05, 4.69) is 28.1 Å². The smallest absolute Gasteiger partial charge is 0.319 e. The van der Waals surface area contributed by atoms with Crippen molar-refractivity contribution in [2.45, 2.75) is 31.1 Å². The molecule has 0 aliphatic heterocycles. The number of amides is 2. The Hall–Kier alpha value is -2.01. The average Bonchev–Trinajstić information content (AvgIpc) is 3.25. The molecule has 1 aromatic carbocycles. The zero-order chi connectivity index (χ0) is 16.1. The lowest BCUT2D eigenvalue weighted by atomic mass is 9.84. The second-order valence-corrected chi connectivity index (χ2v) is 6.92. The van der Waals surface area contributed by atoms with Crippen LogP contribution >= 0.6 is 11.3 Å². The second kappa shape index (κ2) is 7.04. The Balaban J connectivity index is 1.64. The maximum absolute atomic E-state index is 12.3. The van der Waals surface area contributed by atoms with Gasteiger partial charge in [-0.2, -0.15) is 0 Å². The third kappa shape index (κ3) is 3.50. The predicted octanol–water partition coefficient (Wildman–Crippen LogP) is 4.39. The van der Waals surface area contributed by atoms with Crippen molar-refractivity contribution in [3.63, 3.8) is 0 Å². The highest BCUT2D eigenvalue weighted by molar-refractivity contribution is 7.10. The van der Waals surface area contributed by atoms with Crippen molar-refractivity contribution in [1.29, 1.82) is 0 Å². The van der Waals surface area contributed by atoms with Gasteiger partial charge in [0.15, 0.2) is 0 Å². The third-order valence-electron chi connectivity index (χ3n) is 4.55. The van der Waals surface area contributed by atoms with E-state index in [0.717, 1.165) is 12.8 Å². The number of rotatable bonds is 5. The molecule has 1 heterocycles. The van der Waals surface area contributed by atoms with E-state index < -0.39 is 0 Å². The summed E-state index contributed by atoms with van der Waals surface area (Å²) in [6, 6.07) is 11.5. The topological polar surface area (TPSA) is 50.4 Å². The van der Waals surface area contributed by atoms with Crippen molar-refractivity contribution >= 4 is 23.1 Å². The fourth-order valence-electron chi connectivity index (χ4n) is 3.31. The van der Waals surface area contributed by atoms with Gasteiger partial charge in [-0.3, -0.25) is 0 Å². The molecule has 2 N–H and O–H groups in total. The molecule has 1 fully saturated rings. The molecule has 0 atom stereocenters. The van der Waals surface area contributed by atoms with E-state index in [1.165, 1.54) is 17.7 Å². The number of carbonyl (C=O) groups is 1. The van der Waals surface area contributed by atoms with E-state index in [1.54, 1.807) is 18.4 Å². The number of benzene rings is 1. The van der Waals surface area contributed by atoms with Gasteiger partial charge >= 0.3 is 6.03 Å². The Labute approximate surface area is 140 Å². The number of anilines is 1. The van der Waals surface area contributed by atoms with Gasteiger partial charge in [-0.1, -0.05) is 31.0 Å². The number of methoxy groups -OCH3 is 1. The minimum atomic E-state index is -0.183. The standard InChI is InChI=1S/C18H22N2O2S/c1-22-15-8-3-2-7-14(15)20-17(21)19-13-18(10-4-5-11-18)16-9-6-12-23-16/h2-3,6-9,12H,4-5,10-11,13H2,1H3,(H2,19,20,21). The lowest BCUT2D eigenvalue weighted by molar-refractivity contribution is 0.248. The van der Waals surface area contributed by atoms with Crippen LogP contribution in [0.1, 0.15) is 30.6 Å². The Kier molecular flexibility index (Phi) is 4.86. The Morgan fingerprint density at radius 3 is 2.70 bits per heavy atom. The molecular weight excluding hydrogens is 308 g/mol. The van der Waals surface area contributed by atoms with Crippen molar-refractivity contribution in [2.75, 3.05) is 19.0 Å². The molecule has 1 aromatic heterocycles. The molecule has 2 amide bonds. The summed E-state index contributed by atoms with van der Waals surface area (Å²) in [5.41, 5.74) is 0.788. The first-order valence-corrected chi connectivity index (χ1v) is 8.83. The molecule has 0 radical (unpaired) electrons. The van der Waals surface area contributed by atoms with Crippen LogP contribution in [0.2, 0.25) is 0 Å². The second-order valence-electron chi connectivity index (χ2n) is 5.97. The number of urea groups is 1. The zero-order valence-corrected chi connectivity index (χ0v) is 14.1. The van der Waals surface area contributed by atoms with Crippen molar-refractivity contribution in [3.8, 4) is 5.75 Å². The highest BCUT2D eigenvalue weighted by Crippen LogP contribution is 2.42. The Bertz CT molecular complexity index is 649. The van der Waals surface area contributed by atoms with Gasteiger partial charge in [0, 0.05) is 16.8 Å². The summed E-state index contributed by atoms with van der Waals surface area (Å²) in [6.45, 7) is 0.675. The molecule has 1 aliphatic carbocycles. The summed E-state index contributed by atoms with van der Waals surface area (Å²) >= 11 is 1.79. The highest BCUT2D eigenvalue weighted by Gasteiger charge is 2.36. The van der Waals surface area contributed by atoms with Crippen molar-refractivity contribution in [2.24, 2.45) is 0 Å². The van der Waals surface area contributed by atoms with Crippen LogP contribution < -0.4 is 15.4 Å². The Morgan fingerprint density at radius 1 is 1.22 bits per heavy atom. The SMILES string of the molecule is COc1ccccc1NC(=O)NCC1(c2cccs2)CCCC1. The van der Waals surface area contributed by atoms with Gasteiger partial charge in [0.1, 0.15) is 5.75 Å². The zero-order valence-electron chi connectivity index (χ0n) is 13.3. The summed E-state index contributed by atoms with van der Waals surface area (Å²) in [4.78, 5) is 13.7. The van der Waals surface area contributed by atoms with E-state index in [-0.39, 0.29) is 11.4 Å². The first kappa shape index (κ1) is 15.9. The molecule has 0 spiro atoms. The molecule has 0 bridgehead atoms. The molecule has 5 heteroatoms. The van der Waals surface area contributed by atoms with Crippen LogP contribution in [0.3, 0.4) is 0 Å². The lowest BCUT2D eigenvalue weighted by Gasteiger charge is -2.28. The molecule has 23 heavy (non-hydrogen) atoms. The Morgan fingerprint density at radius 2 is 2.00 bits per heavy atom. The first-order valence-electron chi connectivity index (χ1n) is 7.95. The largest absolute Gasteiger partial charge is 0.495 e. The van der Waals surface area contributed by atoms with E-state index in [4.69, 9.17) is 4.74 Å². The molecule has 122 valence electrons. The molecule has 1 aliphatic rings. The summed E-state index contributed by atoms with van der Waals surface area (Å²) in [5, 5.41) is 8.05. The van der Waals surface area contributed by atoms with Gasteiger partial charge in [-0.25, -0.2) is 4.79 Å². The molecule has 2 aromatic rings. The normalized spacial score (nSPS) is 16.0. The van der Waals surface area contributed by atoms with Crippen LogP contribution in [0.25, 0.3) is 0 Å². The average molecular weight is 330 g/mol. The minimum Gasteiger partial charge on any atom is -0.495 e. The first-order chi connectivity index (χ1) is 11.2. The number of hydrogen-bond acceptors (Lipinski definition) is 3. The van der Waals surface area contributed by atoms with Gasteiger partial charge in [0.25, 0.3) is 0 Å². The predicted molar refractivity (Wildman–Crippen MR) is 94.5 cm³/mol. The van der Waals surface area contributed by atoms with Crippen LogP contribution in [0, 0.1) is 0 Å². The maximum Gasteiger partial charge on any atom is 0.319 e. The fourth-order valence-corrected chi connectivity index (χ4v) is 4.29. The van der Waals surface area contributed by atoms with Gasteiger partial charge in [0.2, 0.25) is 0 Å². The molecule has 0 saturated heterocycles. The summed E-state index contributed by atoms with van der Waals surface area (Å²) < 4.78 is 5.26. The third-order valence-corrected chi connectivity index (χ3v) is 5.66. The monoisotopic (exact) mass is 330 g/mol. The molecule has 4 nitrogen and oxygen atoms in total. The van der Waals surface area contributed by atoms with Gasteiger partial charge < -0.3 is 15.4 Å². The van der Waals surface area contributed by atoms with Crippen molar-refractivity contribution in [3.05, 3.63) is 46.7 Å². The maximum atomic E-state index is 12.3. The van der Waals surface area contributed by atoms with E-state index >= 15 is 0 Å². The quantitative estimate of drug-likeness (QED) is 0.854. The molecule has 0 unspecified atom stereocenters. The van der Waals surface area contributed by atoms with Gasteiger partial charge in [-0.15, -0.1) is 11.3 Å². The van der Waals surface area contributed by atoms with Gasteiger partial charge in [0.05, 0.1) is 12.8 Å². The fraction of sp³-hybridized carbons (Fsp3) is 0.389. The summed E-state index contributed by atoms with van der Waals surface area (Å²) in [7, 11) is 1.60. The number of carbonyl (C=O) groups excluding carboxylic acids is 1. The van der Waals surface area contributed by atoms with Crippen LogP contribution in [0.4, 0.5) is 10.5 Å². The summed E-state index contributed by atoms with van der Waals surface area (Å²) in [6.07, 6.45) is 4.74. The van der Waals surface area contributed by atoms with Crippen LogP contribution in [0.5, 0.6) is 5.75 Å². The number of thiophene rings is 1. The van der Waals surface area contributed by atoms with E-state index in [9.17, 15) is 4.79 Å². The minimum absolute atomic E-state index is 0.103. The van der Waals surface area contributed by atoms with Crippen LogP contribution in [-0.2, 0) is 5.41 Å². The molecular formula is C18H22N2O2S. The highest BCUT2D eigenvalue weighted by atomic mass is 32.1. The number of para-hydroxylation sites is 2. The van der Waals surface area contributed by atoms with Crippen LogP contribution in [0.15, 0.2) is 41.8 Å². The van der Waals surface area contributed by atoms with E-state index in [0.29, 0.717) is 18.0 Å². The number of nitrogens with one attached hydrogen (secondary N) is 2. The molecule has 1 saturated carbocycles. The van der Waals surface area contributed by atoms with Crippen molar-refractivity contribution in [1.82, 2.24) is 5.32 Å².